The van der Waals surface area contributed by atoms with Crippen molar-refractivity contribution < 1.29 is 23.9 Å². The van der Waals surface area contributed by atoms with E-state index in [0.717, 1.165) is 16.5 Å². The standard InChI is InChI=1S/C21H21N3O5/c1-3-28-20(26)18-13(2)23-21(27)24-16(18)12-29-17(25)10-9-15-7-4-6-14-8-5-11-22-19(14)15/h4-11,13H,3,12H2,1-2H3,(H2,23,24,27). The molecule has 0 aliphatic carbocycles. The fourth-order valence-corrected chi connectivity index (χ4v) is 3.00. The molecule has 8 nitrogen and oxygen atoms in total. The van der Waals surface area contributed by atoms with E-state index in [1.807, 2.05) is 30.3 Å². The molecule has 8 heteroatoms. The zero-order valence-electron chi connectivity index (χ0n) is 16.1. The van der Waals surface area contributed by atoms with Crippen LogP contribution in [0.2, 0.25) is 0 Å². The molecular formula is C21H21N3O5. The minimum atomic E-state index is -0.617. The van der Waals surface area contributed by atoms with Gasteiger partial charge in [-0.3, -0.25) is 4.98 Å². The van der Waals surface area contributed by atoms with Crippen molar-refractivity contribution in [3.63, 3.8) is 0 Å². The van der Waals surface area contributed by atoms with Gasteiger partial charge >= 0.3 is 18.0 Å². The van der Waals surface area contributed by atoms with E-state index in [4.69, 9.17) is 9.47 Å². The Bertz CT molecular complexity index is 1010. The predicted molar refractivity (Wildman–Crippen MR) is 107 cm³/mol. The van der Waals surface area contributed by atoms with Crippen molar-refractivity contribution >= 4 is 34.9 Å². The fraction of sp³-hybridized carbons (Fsp3) is 0.238. The van der Waals surface area contributed by atoms with Crippen molar-refractivity contribution in [3.8, 4) is 0 Å². The molecule has 2 heterocycles. The number of urea groups is 1. The minimum absolute atomic E-state index is 0.192. The average Bonchev–Trinajstić information content (AvgIpc) is 2.70. The van der Waals surface area contributed by atoms with Gasteiger partial charge in [0.25, 0.3) is 0 Å². The number of carbonyl (C=O) groups is 3. The lowest BCUT2D eigenvalue weighted by Gasteiger charge is -2.26. The van der Waals surface area contributed by atoms with Gasteiger partial charge in [0.1, 0.15) is 6.61 Å². The molecule has 1 aromatic carbocycles. The second-order valence-electron chi connectivity index (χ2n) is 6.30. The van der Waals surface area contributed by atoms with E-state index >= 15 is 0 Å². The van der Waals surface area contributed by atoms with Gasteiger partial charge in [-0.25, -0.2) is 14.4 Å². The largest absolute Gasteiger partial charge is 0.463 e. The first kappa shape index (κ1) is 20.1. The van der Waals surface area contributed by atoms with E-state index in [9.17, 15) is 14.4 Å². The second kappa shape index (κ2) is 9.01. The number of nitrogens with zero attached hydrogens (tertiary/aromatic N) is 1. The molecule has 1 aliphatic rings. The lowest BCUT2D eigenvalue weighted by molar-refractivity contribution is -0.140. The number of nitrogens with one attached hydrogen (secondary N) is 2. The quantitative estimate of drug-likeness (QED) is 0.574. The van der Waals surface area contributed by atoms with E-state index in [-0.39, 0.29) is 24.5 Å². The predicted octanol–water partition coefficient (Wildman–Crippen LogP) is 2.31. The first-order chi connectivity index (χ1) is 14.0. The minimum Gasteiger partial charge on any atom is -0.463 e. The molecule has 1 atom stereocenters. The molecule has 3 rings (SSSR count). The lowest BCUT2D eigenvalue weighted by atomic mass is 10.0. The number of hydrogen-bond acceptors (Lipinski definition) is 6. The summed E-state index contributed by atoms with van der Waals surface area (Å²) in [5.74, 6) is -1.19. The van der Waals surface area contributed by atoms with Gasteiger partial charge in [-0.15, -0.1) is 0 Å². The molecule has 29 heavy (non-hydrogen) atoms. The van der Waals surface area contributed by atoms with Crippen LogP contribution < -0.4 is 10.6 Å². The number of rotatable bonds is 6. The Kier molecular flexibility index (Phi) is 6.23. The second-order valence-corrected chi connectivity index (χ2v) is 6.30. The van der Waals surface area contributed by atoms with Crippen LogP contribution in [0, 0.1) is 0 Å². The fourth-order valence-electron chi connectivity index (χ4n) is 3.00. The Labute approximate surface area is 167 Å². The monoisotopic (exact) mass is 395 g/mol. The Morgan fingerprint density at radius 1 is 1.21 bits per heavy atom. The lowest BCUT2D eigenvalue weighted by Crippen LogP contribution is -2.50. The average molecular weight is 395 g/mol. The van der Waals surface area contributed by atoms with E-state index in [1.54, 1.807) is 26.1 Å². The van der Waals surface area contributed by atoms with Crippen LogP contribution in [0.25, 0.3) is 17.0 Å². The number of benzene rings is 1. The number of para-hydroxylation sites is 1. The van der Waals surface area contributed by atoms with E-state index in [1.165, 1.54) is 6.08 Å². The molecule has 0 fully saturated rings. The summed E-state index contributed by atoms with van der Waals surface area (Å²) in [7, 11) is 0. The van der Waals surface area contributed by atoms with E-state index < -0.39 is 24.0 Å². The van der Waals surface area contributed by atoms with Crippen LogP contribution in [-0.4, -0.2) is 42.2 Å². The van der Waals surface area contributed by atoms with Crippen LogP contribution in [0.1, 0.15) is 19.4 Å². The normalized spacial score (nSPS) is 16.5. The summed E-state index contributed by atoms with van der Waals surface area (Å²) in [5.41, 5.74) is 1.97. The molecule has 2 N–H and O–H groups in total. The molecule has 1 unspecified atom stereocenters. The molecule has 0 bridgehead atoms. The van der Waals surface area contributed by atoms with Crippen molar-refractivity contribution in [1.82, 2.24) is 15.6 Å². The number of fused-ring (bicyclic) bond motifs is 1. The summed E-state index contributed by atoms with van der Waals surface area (Å²) < 4.78 is 10.2. The third kappa shape index (κ3) is 4.78. The van der Waals surface area contributed by atoms with E-state index in [2.05, 4.69) is 15.6 Å². The smallest absolute Gasteiger partial charge is 0.338 e. The highest BCUT2D eigenvalue weighted by Gasteiger charge is 2.30. The maximum absolute atomic E-state index is 12.2. The van der Waals surface area contributed by atoms with Crippen LogP contribution in [0.3, 0.4) is 0 Å². The number of amides is 2. The van der Waals surface area contributed by atoms with Crippen molar-refractivity contribution in [2.75, 3.05) is 13.2 Å². The molecule has 1 aromatic heterocycles. The number of carbonyl (C=O) groups excluding carboxylic acids is 3. The van der Waals surface area contributed by atoms with Gasteiger partial charge in [0, 0.05) is 23.2 Å². The summed E-state index contributed by atoms with van der Waals surface area (Å²) in [6.07, 6.45) is 4.57. The van der Waals surface area contributed by atoms with Gasteiger partial charge in [-0.2, -0.15) is 0 Å². The molecule has 2 amide bonds. The summed E-state index contributed by atoms with van der Waals surface area (Å²) in [5, 5.41) is 6.04. The van der Waals surface area contributed by atoms with Gasteiger partial charge < -0.3 is 20.1 Å². The number of ether oxygens (including phenoxy) is 2. The Balaban J connectivity index is 1.72. The first-order valence-electron chi connectivity index (χ1n) is 9.16. The summed E-state index contributed by atoms with van der Waals surface area (Å²) in [4.78, 5) is 40.4. The Hall–Kier alpha value is -3.68. The molecule has 150 valence electrons. The molecule has 0 spiro atoms. The van der Waals surface area contributed by atoms with Crippen LogP contribution >= 0.6 is 0 Å². The number of esters is 2. The van der Waals surface area contributed by atoms with Crippen LogP contribution in [-0.2, 0) is 19.1 Å². The number of pyridine rings is 1. The molecule has 2 aromatic rings. The summed E-state index contributed by atoms with van der Waals surface area (Å²) in [6.45, 7) is 3.27. The highest BCUT2D eigenvalue weighted by Crippen LogP contribution is 2.18. The zero-order chi connectivity index (χ0) is 20.8. The van der Waals surface area contributed by atoms with E-state index in [0.29, 0.717) is 0 Å². The van der Waals surface area contributed by atoms with Gasteiger partial charge in [-0.1, -0.05) is 24.3 Å². The first-order valence-corrected chi connectivity index (χ1v) is 9.16. The molecule has 0 saturated heterocycles. The molecule has 1 aliphatic heterocycles. The topological polar surface area (TPSA) is 107 Å². The number of aromatic nitrogens is 1. The van der Waals surface area contributed by atoms with Crippen molar-refractivity contribution in [1.29, 1.82) is 0 Å². The maximum atomic E-state index is 12.2. The highest BCUT2D eigenvalue weighted by atomic mass is 16.5. The SMILES string of the molecule is CCOC(=O)C1=C(COC(=O)C=Cc2cccc3cccnc23)NC(=O)NC1C. The van der Waals surface area contributed by atoms with Crippen LogP contribution in [0.4, 0.5) is 4.79 Å². The molecular weight excluding hydrogens is 374 g/mol. The van der Waals surface area contributed by atoms with Gasteiger partial charge in [0.15, 0.2) is 0 Å². The van der Waals surface area contributed by atoms with Crippen molar-refractivity contribution in [2.45, 2.75) is 19.9 Å². The number of hydrogen-bond donors (Lipinski definition) is 2. The van der Waals surface area contributed by atoms with Crippen LogP contribution in [0.15, 0.2) is 53.9 Å². The van der Waals surface area contributed by atoms with Crippen LogP contribution in [0.5, 0.6) is 0 Å². The highest BCUT2D eigenvalue weighted by molar-refractivity contribution is 5.95. The molecule has 0 saturated carbocycles. The third-order valence-corrected chi connectivity index (χ3v) is 4.29. The summed E-state index contributed by atoms with van der Waals surface area (Å²) in [6, 6.07) is 8.38. The van der Waals surface area contributed by atoms with Crippen molar-refractivity contribution in [3.05, 3.63) is 59.4 Å². The molecule has 0 radical (unpaired) electrons. The van der Waals surface area contributed by atoms with Crippen molar-refractivity contribution in [2.24, 2.45) is 0 Å². The Morgan fingerprint density at radius 2 is 2.00 bits per heavy atom. The summed E-state index contributed by atoms with van der Waals surface area (Å²) >= 11 is 0. The Morgan fingerprint density at radius 3 is 2.79 bits per heavy atom. The zero-order valence-corrected chi connectivity index (χ0v) is 16.1. The van der Waals surface area contributed by atoms with Gasteiger partial charge in [-0.05, 0) is 26.0 Å². The van der Waals surface area contributed by atoms with Gasteiger partial charge in [0.2, 0.25) is 0 Å². The third-order valence-electron chi connectivity index (χ3n) is 4.29. The van der Waals surface area contributed by atoms with Gasteiger partial charge in [0.05, 0.1) is 29.4 Å². The maximum Gasteiger partial charge on any atom is 0.338 e.